The minimum Gasteiger partial charge on any atom is -0.493 e. The number of benzene rings is 2. The van der Waals surface area contributed by atoms with Crippen LogP contribution < -0.4 is 14.8 Å². The maximum Gasteiger partial charge on any atom is 0.246 e. The monoisotopic (exact) mass is 422 g/mol. The molecule has 2 aromatic rings. The molecule has 31 heavy (non-hydrogen) atoms. The minimum atomic E-state index is 0.0158. The van der Waals surface area contributed by atoms with Gasteiger partial charge in [0.05, 0.1) is 14.2 Å². The number of nitrogens with one attached hydrogen (secondary N) is 1. The average Bonchev–Trinajstić information content (AvgIpc) is 2.82. The molecule has 1 aliphatic heterocycles. The summed E-state index contributed by atoms with van der Waals surface area (Å²) >= 11 is 0. The number of methoxy groups -OCH3 is 2. The van der Waals surface area contributed by atoms with Crippen molar-refractivity contribution in [3.63, 3.8) is 0 Å². The first-order valence-electron chi connectivity index (χ1n) is 10.6. The molecular formula is C25H30N2O4. The smallest absolute Gasteiger partial charge is 0.246 e. The van der Waals surface area contributed by atoms with E-state index >= 15 is 0 Å². The topological polar surface area (TPSA) is 67.9 Å². The fraction of sp³-hybridized carbons (Fsp3) is 0.360. The number of ether oxygens (including phenoxy) is 2. The van der Waals surface area contributed by atoms with E-state index < -0.39 is 0 Å². The van der Waals surface area contributed by atoms with Gasteiger partial charge in [-0.2, -0.15) is 0 Å². The molecule has 0 atom stereocenters. The molecule has 0 bridgehead atoms. The first kappa shape index (κ1) is 22.4. The number of nitrogens with zero attached hydrogens (tertiary/aromatic N) is 1. The van der Waals surface area contributed by atoms with Gasteiger partial charge in [-0.05, 0) is 48.6 Å². The minimum absolute atomic E-state index is 0.0158. The van der Waals surface area contributed by atoms with E-state index in [4.69, 9.17) is 9.47 Å². The van der Waals surface area contributed by atoms with E-state index in [0.717, 1.165) is 24.0 Å². The van der Waals surface area contributed by atoms with Gasteiger partial charge in [0.2, 0.25) is 11.8 Å². The van der Waals surface area contributed by atoms with Crippen molar-refractivity contribution in [3.05, 3.63) is 65.7 Å². The van der Waals surface area contributed by atoms with Gasteiger partial charge in [0.15, 0.2) is 11.5 Å². The molecule has 0 aliphatic carbocycles. The van der Waals surface area contributed by atoms with Crippen LogP contribution in [-0.4, -0.2) is 50.1 Å². The van der Waals surface area contributed by atoms with E-state index in [0.29, 0.717) is 37.4 Å². The maximum atomic E-state index is 12.4. The number of hydrogen-bond acceptors (Lipinski definition) is 4. The number of likely N-dealkylation sites (tertiary alicyclic amines) is 1. The van der Waals surface area contributed by atoms with Gasteiger partial charge in [0.25, 0.3) is 0 Å². The van der Waals surface area contributed by atoms with Crippen molar-refractivity contribution < 1.29 is 19.1 Å². The third-order valence-electron chi connectivity index (χ3n) is 5.48. The number of rotatable bonds is 8. The Morgan fingerprint density at radius 3 is 2.42 bits per heavy atom. The Morgan fingerprint density at radius 2 is 1.74 bits per heavy atom. The van der Waals surface area contributed by atoms with E-state index in [1.165, 1.54) is 0 Å². The molecule has 6 nitrogen and oxygen atoms in total. The molecule has 6 heteroatoms. The van der Waals surface area contributed by atoms with Gasteiger partial charge < -0.3 is 19.7 Å². The van der Waals surface area contributed by atoms with Crippen molar-refractivity contribution in [2.45, 2.75) is 31.7 Å². The SMILES string of the molecule is COc1ccc(CCC(=O)NC2CCN(C(=O)/C=C/c3ccccc3)CC2)cc1OC. The van der Waals surface area contributed by atoms with E-state index in [1.54, 1.807) is 20.3 Å². The number of carbonyl (C=O) groups is 2. The van der Waals surface area contributed by atoms with E-state index in [1.807, 2.05) is 59.5 Å². The zero-order valence-electron chi connectivity index (χ0n) is 18.2. The van der Waals surface area contributed by atoms with Crippen LogP contribution in [0.15, 0.2) is 54.6 Å². The largest absolute Gasteiger partial charge is 0.493 e. The first-order chi connectivity index (χ1) is 15.1. The lowest BCUT2D eigenvalue weighted by atomic mass is 10.0. The van der Waals surface area contributed by atoms with Gasteiger partial charge in [0.1, 0.15) is 0 Å². The Morgan fingerprint density at radius 1 is 1.03 bits per heavy atom. The van der Waals surface area contributed by atoms with Crippen molar-refractivity contribution in [2.75, 3.05) is 27.3 Å². The van der Waals surface area contributed by atoms with E-state index in [-0.39, 0.29) is 17.9 Å². The van der Waals surface area contributed by atoms with E-state index in [9.17, 15) is 9.59 Å². The number of piperidine rings is 1. The third kappa shape index (κ3) is 6.60. The molecule has 0 unspecified atom stereocenters. The molecule has 1 N–H and O–H groups in total. The summed E-state index contributed by atoms with van der Waals surface area (Å²) in [4.78, 5) is 26.6. The average molecular weight is 423 g/mol. The van der Waals surface area contributed by atoms with Gasteiger partial charge in [0, 0.05) is 31.6 Å². The quantitative estimate of drug-likeness (QED) is 0.662. The molecule has 164 valence electrons. The van der Waals surface area contributed by atoms with Gasteiger partial charge in [-0.3, -0.25) is 9.59 Å². The summed E-state index contributed by atoms with van der Waals surface area (Å²) in [6.45, 7) is 1.30. The van der Waals surface area contributed by atoms with Crippen molar-refractivity contribution >= 4 is 17.9 Å². The van der Waals surface area contributed by atoms with E-state index in [2.05, 4.69) is 5.32 Å². The summed E-state index contributed by atoms with van der Waals surface area (Å²) < 4.78 is 10.6. The summed E-state index contributed by atoms with van der Waals surface area (Å²) in [5.74, 6) is 1.39. The number of carbonyl (C=O) groups excluding carboxylic acids is 2. The zero-order valence-corrected chi connectivity index (χ0v) is 18.2. The highest BCUT2D eigenvalue weighted by atomic mass is 16.5. The lowest BCUT2D eigenvalue weighted by Gasteiger charge is -2.31. The Bertz CT molecular complexity index is 903. The predicted octanol–water partition coefficient (Wildman–Crippen LogP) is 3.46. The van der Waals surface area contributed by atoms with Crippen molar-refractivity contribution in [3.8, 4) is 11.5 Å². The lowest BCUT2D eigenvalue weighted by molar-refractivity contribution is -0.127. The van der Waals surface area contributed by atoms with Crippen LogP contribution >= 0.6 is 0 Å². The normalized spacial score (nSPS) is 14.5. The van der Waals surface area contributed by atoms with Gasteiger partial charge >= 0.3 is 0 Å². The van der Waals surface area contributed by atoms with Crippen LogP contribution in [0.3, 0.4) is 0 Å². The van der Waals surface area contributed by atoms with Crippen LogP contribution in [-0.2, 0) is 16.0 Å². The highest BCUT2D eigenvalue weighted by molar-refractivity contribution is 5.91. The van der Waals surface area contributed by atoms with Gasteiger partial charge in [-0.15, -0.1) is 0 Å². The number of hydrogen-bond donors (Lipinski definition) is 1. The molecule has 3 rings (SSSR count). The summed E-state index contributed by atoms with van der Waals surface area (Å²) in [5.41, 5.74) is 2.03. The highest BCUT2D eigenvalue weighted by Crippen LogP contribution is 2.28. The fourth-order valence-corrected chi connectivity index (χ4v) is 3.68. The van der Waals surface area contributed by atoms with Gasteiger partial charge in [-0.25, -0.2) is 0 Å². The lowest BCUT2D eigenvalue weighted by Crippen LogP contribution is -2.46. The van der Waals surface area contributed by atoms with Crippen molar-refractivity contribution in [1.82, 2.24) is 10.2 Å². The molecule has 0 saturated carbocycles. The molecule has 2 amide bonds. The van der Waals surface area contributed by atoms with Crippen LogP contribution in [0.1, 0.15) is 30.4 Å². The summed E-state index contributed by atoms with van der Waals surface area (Å²) in [6, 6.07) is 15.6. The molecule has 0 aromatic heterocycles. The highest BCUT2D eigenvalue weighted by Gasteiger charge is 2.22. The molecule has 2 aromatic carbocycles. The summed E-state index contributed by atoms with van der Waals surface area (Å²) in [5, 5.41) is 3.11. The van der Waals surface area contributed by atoms with Crippen LogP contribution in [0.4, 0.5) is 0 Å². The Labute approximate surface area is 183 Å². The second-order valence-corrected chi connectivity index (χ2v) is 7.60. The van der Waals surface area contributed by atoms with Crippen molar-refractivity contribution in [1.29, 1.82) is 0 Å². The Kier molecular flexibility index (Phi) is 8.10. The molecular weight excluding hydrogens is 392 g/mol. The maximum absolute atomic E-state index is 12.4. The molecule has 1 fully saturated rings. The fourth-order valence-electron chi connectivity index (χ4n) is 3.68. The number of aryl methyl sites for hydroxylation is 1. The summed E-state index contributed by atoms with van der Waals surface area (Å²) in [6.07, 6.45) is 6.05. The number of amides is 2. The summed E-state index contributed by atoms with van der Waals surface area (Å²) in [7, 11) is 3.20. The predicted molar refractivity (Wildman–Crippen MR) is 121 cm³/mol. The van der Waals surface area contributed by atoms with Crippen LogP contribution in [0.5, 0.6) is 11.5 Å². The molecule has 0 radical (unpaired) electrons. The van der Waals surface area contributed by atoms with Gasteiger partial charge in [-0.1, -0.05) is 36.4 Å². The second kappa shape index (κ2) is 11.2. The van der Waals surface area contributed by atoms with Crippen LogP contribution in [0.25, 0.3) is 6.08 Å². The standard InChI is InChI=1S/C25H30N2O4/c1-30-22-11-8-20(18-23(22)31-2)9-12-24(28)26-21-14-16-27(17-15-21)25(29)13-10-19-6-4-3-5-7-19/h3-8,10-11,13,18,21H,9,12,14-17H2,1-2H3,(H,26,28)/b13-10+. The third-order valence-corrected chi connectivity index (χ3v) is 5.48. The molecule has 1 aliphatic rings. The zero-order chi connectivity index (χ0) is 22.1. The second-order valence-electron chi connectivity index (χ2n) is 7.60. The first-order valence-corrected chi connectivity index (χ1v) is 10.6. The Balaban J connectivity index is 1.40. The van der Waals surface area contributed by atoms with Crippen molar-refractivity contribution in [2.24, 2.45) is 0 Å². The van der Waals surface area contributed by atoms with Crippen LogP contribution in [0, 0.1) is 0 Å². The molecule has 0 spiro atoms. The molecule has 1 heterocycles. The van der Waals surface area contributed by atoms with Crippen LogP contribution in [0.2, 0.25) is 0 Å². The Hall–Kier alpha value is -3.28. The molecule has 1 saturated heterocycles.